The first-order valence-corrected chi connectivity index (χ1v) is 11.9. The molecule has 0 aromatic carbocycles. The summed E-state index contributed by atoms with van der Waals surface area (Å²) in [6.07, 6.45) is 19.1. The standard InChI is InChI=1S/C23H44N2O5/c1-2-3-4-5-6-7-8-9-10-11-12-13-14-15-16-17-22(27)29-30-23(28)20(24)18-19-21(25)26/h20H,2-19,24H2,1H3,(H2,25,26). The summed E-state index contributed by atoms with van der Waals surface area (Å²) < 4.78 is 0. The Morgan fingerprint density at radius 1 is 0.667 bits per heavy atom. The highest BCUT2D eigenvalue weighted by atomic mass is 17.2. The van der Waals surface area contributed by atoms with Gasteiger partial charge in [0, 0.05) is 6.42 Å². The van der Waals surface area contributed by atoms with Gasteiger partial charge in [0.1, 0.15) is 6.04 Å². The van der Waals surface area contributed by atoms with E-state index in [1.165, 1.54) is 77.0 Å². The molecule has 7 heteroatoms. The van der Waals surface area contributed by atoms with E-state index in [9.17, 15) is 14.4 Å². The smallest absolute Gasteiger partial charge is 0.370 e. The summed E-state index contributed by atoms with van der Waals surface area (Å²) >= 11 is 0. The van der Waals surface area contributed by atoms with Crippen LogP contribution in [0.4, 0.5) is 0 Å². The molecule has 0 aliphatic carbocycles. The summed E-state index contributed by atoms with van der Waals surface area (Å²) in [6, 6.07) is -1.03. The topological polar surface area (TPSA) is 122 Å². The van der Waals surface area contributed by atoms with Crippen LogP contribution in [0.3, 0.4) is 0 Å². The molecule has 0 aromatic heterocycles. The Bertz CT molecular complexity index is 457. The summed E-state index contributed by atoms with van der Waals surface area (Å²) in [4.78, 5) is 42.6. The number of primary amides is 1. The average Bonchev–Trinajstić information content (AvgIpc) is 2.72. The van der Waals surface area contributed by atoms with Gasteiger partial charge in [0.25, 0.3) is 0 Å². The molecular formula is C23H44N2O5. The quantitative estimate of drug-likeness (QED) is 0.162. The van der Waals surface area contributed by atoms with Crippen molar-refractivity contribution in [2.45, 2.75) is 129 Å². The maximum atomic E-state index is 11.6. The van der Waals surface area contributed by atoms with Crippen molar-refractivity contribution in [1.29, 1.82) is 0 Å². The lowest BCUT2D eigenvalue weighted by Crippen LogP contribution is -2.34. The highest BCUT2D eigenvalue weighted by Gasteiger charge is 2.19. The minimum Gasteiger partial charge on any atom is -0.370 e. The van der Waals surface area contributed by atoms with Gasteiger partial charge in [-0.3, -0.25) is 4.79 Å². The number of amides is 1. The molecule has 0 rings (SSSR count). The van der Waals surface area contributed by atoms with Crippen molar-refractivity contribution in [3.8, 4) is 0 Å². The van der Waals surface area contributed by atoms with Crippen LogP contribution < -0.4 is 11.5 Å². The van der Waals surface area contributed by atoms with Crippen molar-refractivity contribution in [2.75, 3.05) is 0 Å². The van der Waals surface area contributed by atoms with E-state index in [1.807, 2.05) is 0 Å². The van der Waals surface area contributed by atoms with Crippen molar-refractivity contribution < 1.29 is 24.2 Å². The first-order chi connectivity index (χ1) is 14.5. The van der Waals surface area contributed by atoms with Gasteiger partial charge < -0.3 is 11.5 Å². The van der Waals surface area contributed by atoms with Gasteiger partial charge >= 0.3 is 11.9 Å². The van der Waals surface area contributed by atoms with Crippen molar-refractivity contribution in [2.24, 2.45) is 11.5 Å². The number of hydrogen-bond acceptors (Lipinski definition) is 6. The molecule has 0 saturated carbocycles. The van der Waals surface area contributed by atoms with Crippen LogP contribution in [0.25, 0.3) is 0 Å². The van der Waals surface area contributed by atoms with Gasteiger partial charge in [-0.05, 0) is 12.8 Å². The van der Waals surface area contributed by atoms with Crippen LogP contribution in [0.5, 0.6) is 0 Å². The van der Waals surface area contributed by atoms with Gasteiger partial charge in [-0.2, -0.15) is 0 Å². The minimum absolute atomic E-state index is 0.0245. The Labute approximate surface area is 182 Å². The van der Waals surface area contributed by atoms with Crippen LogP contribution in [0.2, 0.25) is 0 Å². The third-order valence-electron chi connectivity index (χ3n) is 5.21. The van der Waals surface area contributed by atoms with E-state index in [4.69, 9.17) is 11.5 Å². The summed E-state index contributed by atoms with van der Waals surface area (Å²) in [6.45, 7) is 2.25. The molecule has 30 heavy (non-hydrogen) atoms. The Morgan fingerprint density at radius 2 is 1.10 bits per heavy atom. The van der Waals surface area contributed by atoms with Gasteiger partial charge in [-0.25, -0.2) is 19.4 Å². The molecule has 0 spiro atoms. The van der Waals surface area contributed by atoms with Crippen LogP contribution in [-0.2, 0) is 24.2 Å². The first kappa shape index (κ1) is 28.4. The van der Waals surface area contributed by atoms with E-state index < -0.39 is 23.9 Å². The number of carbonyl (C=O) groups excluding carboxylic acids is 3. The third-order valence-corrected chi connectivity index (χ3v) is 5.21. The predicted molar refractivity (Wildman–Crippen MR) is 118 cm³/mol. The normalized spacial score (nSPS) is 11.8. The second kappa shape index (κ2) is 20.6. The Kier molecular flexibility index (Phi) is 19.5. The number of hydrogen-bond donors (Lipinski definition) is 2. The van der Waals surface area contributed by atoms with E-state index in [1.54, 1.807) is 0 Å². The molecule has 0 bridgehead atoms. The molecule has 0 saturated heterocycles. The van der Waals surface area contributed by atoms with E-state index in [0.29, 0.717) is 6.42 Å². The van der Waals surface area contributed by atoms with Crippen LogP contribution >= 0.6 is 0 Å². The van der Waals surface area contributed by atoms with Crippen molar-refractivity contribution >= 4 is 17.8 Å². The summed E-state index contributed by atoms with van der Waals surface area (Å²) in [7, 11) is 0. The lowest BCUT2D eigenvalue weighted by molar-refractivity contribution is -0.260. The van der Waals surface area contributed by atoms with Gasteiger partial charge in [-0.1, -0.05) is 96.8 Å². The van der Waals surface area contributed by atoms with Gasteiger partial charge in [-0.15, -0.1) is 0 Å². The van der Waals surface area contributed by atoms with Gasteiger partial charge in [0.05, 0.1) is 6.42 Å². The highest BCUT2D eigenvalue weighted by Crippen LogP contribution is 2.13. The Hall–Kier alpha value is -1.63. The fraction of sp³-hybridized carbons (Fsp3) is 0.870. The fourth-order valence-electron chi connectivity index (χ4n) is 3.25. The molecule has 0 aliphatic rings. The molecule has 176 valence electrons. The molecule has 0 heterocycles. The Balaban J connectivity index is 3.37. The molecule has 4 N–H and O–H groups in total. The van der Waals surface area contributed by atoms with Crippen molar-refractivity contribution in [3.63, 3.8) is 0 Å². The van der Waals surface area contributed by atoms with E-state index in [0.717, 1.165) is 12.8 Å². The van der Waals surface area contributed by atoms with Crippen LogP contribution in [-0.4, -0.2) is 23.9 Å². The molecule has 1 amide bonds. The summed E-state index contributed by atoms with van der Waals surface area (Å²) in [5.41, 5.74) is 10.5. The zero-order chi connectivity index (χ0) is 22.5. The maximum absolute atomic E-state index is 11.6. The average molecular weight is 429 g/mol. The molecule has 0 aromatic rings. The zero-order valence-electron chi connectivity index (χ0n) is 19.0. The van der Waals surface area contributed by atoms with Crippen LogP contribution in [0.1, 0.15) is 122 Å². The maximum Gasteiger partial charge on any atom is 0.372 e. The van der Waals surface area contributed by atoms with Crippen LogP contribution in [0, 0.1) is 0 Å². The molecule has 0 radical (unpaired) electrons. The van der Waals surface area contributed by atoms with Crippen LogP contribution in [0.15, 0.2) is 0 Å². The first-order valence-electron chi connectivity index (χ1n) is 11.9. The molecule has 7 nitrogen and oxygen atoms in total. The van der Waals surface area contributed by atoms with Crippen molar-refractivity contribution in [3.05, 3.63) is 0 Å². The lowest BCUT2D eigenvalue weighted by Gasteiger charge is -2.08. The highest BCUT2D eigenvalue weighted by molar-refractivity contribution is 5.78. The van der Waals surface area contributed by atoms with Gasteiger partial charge in [0.2, 0.25) is 5.91 Å². The third kappa shape index (κ3) is 19.7. The minimum atomic E-state index is -1.03. The monoisotopic (exact) mass is 428 g/mol. The molecule has 0 aliphatic heterocycles. The number of unbranched alkanes of at least 4 members (excludes halogenated alkanes) is 14. The van der Waals surface area contributed by atoms with Gasteiger partial charge in [0.15, 0.2) is 0 Å². The van der Waals surface area contributed by atoms with E-state index >= 15 is 0 Å². The van der Waals surface area contributed by atoms with E-state index in [-0.39, 0.29) is 19.3 Å². The summed E-state index contributed by atoms with van der Waals surface area (Å²) in [5, 5.41) is 0. The number of carbonyl (C=O) groups is 3. The zero-order valence-corrected chi connectivity index (χ0v) is 19.0. The second-order valence-corrected chi connectivity index (χ2v) is 8.17. The Morgan fingerprint density at radius 3 is 1.53 bits per heavy atom. The lowest BCUT2D eigenvalue weighted by atomic mass is 10.0. The molecule has 1 unspecified atom stereocenters. The number of rotatable bonds is 20. The molecular weight excluding hydrogens is 384 g/mol. The fourth-order valence-corrected chi connectivity index (χ4v) is 3.25. The largest absolute Gasteiger partial charge is 0.372 e. The molecule has 0 fully saturated rings. The number of nitrogens with two attached hydrogens (primary N) is 2. The SMILES string of the molecule is CCCCCCCCCCCCCCCCCC(=O)OOC(=O)C(N)CCC(N)=O. The second-order valence-electron chi connectivity index (χ2n) is 8.17. The van der Waals surface area contributed by atoms with E-state index in [2.05, 4.69) is 16.7 Å². The molecule has 1 atom stereocenters. The summed E-state index contributed by atoms with van der Waals surface area (Å²) in [5.74, 6) is -2.01. The van der Waals surface area contributed by atoms with Crippen molar-refractivity contribution in [1.82, 2.24) is 0 Å². The predicted octanol–water partition coefficient (Wildman–Crippen LogP) is 4.84.